The molecular weight excluding hydrogens is 290 g/mol. The van der Waals surface area contributed by atoms with E-state index >= 15 is 0 Å². The van der Waals surface area contributed by atoms with Gasteiger partial charge in [0.2, 0.25) is 5.95 Å². The third-order valence-corrected chi connectivity index (χ3v) is 3.48. The van der Waals surface area contributed by atoms with Crippen LogP contribution in [0.2, 0.25) is 5.15 Å². The first-order valence-electron chi connectivity index (χ1n) is 6.65. The van der Waals surface area contributed by atoms with Gasteiger partial charge in [0.25, 0.3) is 5.91 Å². The topological polar surface area (TPSA) is 64.1 Å². The first-order chi connectivity index (χ1) is 10.1. The van der Waals surface area contributed by atoms with Gasteiger partial charge in [0, 0.05) is 5.69 Å². The molecule has 5 nitrogen and oxygen atoms in total. The zero-order valence-corrected chi connectivity index (χ0v) is 12.2. The standard InChI is InChI=1S/C15H14ClN3O2/c1-9-8-12(16)18-15(17-9)19-14(20)13-11-5-3-2-4-10(11)6-7-21-13/h2-5,8,13H,6-7H2,1H3,(H,17,18,19,20). The molecule has 6 heteroatoms. The molecule has 108 valence electrons. The number of anilines is 1. The molecule has 1 aromatic heterocycles. The van der Waals surface area contributed by atoms with Gasteiger partial charge in [0.15, 0.2) is 6.10 Å². The molecule has 0 fully saturated rings. The number of amides is 1. The quantitative estimate of drug-likeness (QED) is 0.866. The maximum absolute atomic E-state index is 12.4. The van der Waals surface area contributed by atoms with Crippen molar-refractivity contribution >= 4 is 23.5 Å². The Labute approximate surface area is 127 Å². The molecule has 1 unspecified atom stereocenters. The lowest BCUT2D eigenvalue weighted by molar-refractivity contribution is -0.128. The maximum Gasteiger partial charge on any atom is 0.260 e. The molecule has 2 heterocycles. The largest absolute Gasteiger partial charge is 0.363 e. The average Bonchev–Trinajstić information content (AvgIpc) is 2.45. The van der Waals surface area contributed by atoms with Gasteiger partial charge in [0.1, 0.15) is 5.15 Å². The van der Waals surface area contributed by atoms with Gasteiger partial charge in [-0.25, -0.2) is 9.97 Å². The van der Waals surface area contributed by atoms with E-state index < -0.39 is 6.10 Å². The van der Waals surface area contributed by atoms with Crippen LogP contribution < -0.4 is 5.32 Å². The van der Waals surface area contributed by atoms with Crippen LogP contribution in [0.3, 0.4) is 0 Å². The predicted molar refractivity (Wildman–Crippen MR) is 79.2 cm³/mol. The molecule has 1 amide bonds. The first-order valence-corrected chi connectivity index (χ1v) is 7.03. The van der Waals surface area contributed by atoms with Crippen LogP contribution >= 0.6 is 11.6 Å². The summed E-state index contributed by atoms with van der Waals surface area (Å²) in [6.07, 6.45) is 0.171. The molecule has 21 heavy (non-hydrogen) atoms. The lowest BCUT2D eigenvalue weighted by Crippen LogP contribution is -2.29. The Bertz CT molecular complexity index is 670. The fraction of sp³-hybridized carbons (Fsp3) is 0.267. The average molecular weight is 304 g/mol. The number of fused-ring (bicyclic) bond motifs is 1. The monoisotopic (exact) mass is 303 g/mol. The van der Waals surface area contributed by atoms with Crippen LogP contribution in [0.4, 0.5) is 5.95 Å². The van der Waals surface area contributed by atoms with Crippen LogP contribution in [0.5, 0.6) is 0 Å². The van der Waals surface area contributed by atoms with Gasteiger partial charge in [-0.15, -0.1) is 0 Å². The fourth-order valence-electron chi connectivity index (χ4n) is 2.37. The molecule has 3 rings (SSSR count). The van der Waals surface area contributed by atoms with E-state index in [9.17, 15) is 4.79 Å². The predicted octanol–water partition coefficient (Wildman–Crippen LogP) is 2.69. The molecule has 0 radical (unpaired) electrons. The number of halogens is 1. The Balaban J connectivity index is 1.83. The van der Waals surface area contributed by atoms with E-state index in [4.69, 9.17) is 16.3 Å². The van der Waals surface area contributed by atoms with Crippen molar-refractivity contribution in [1.29, 1.82) is 0 Å². The molecule has 0 saturated carbocycles. The molecule has 1 N–H and O–H groups in total. The van der Waals surface area contributed by atoms with Gasteiger partial charge >= 0.3 is 0 Å². The molecular formula is C15H14ClN3O2. The van der Waals surface area contributed by atoms with Crippen LogP contribution in [-0.4, -0.2) is 22.5 Å². The summed E-state index contributed by atoms with van der Waals surface area (Å²) < 4.78 is 5.60. The van der Waals surface area contributed by atoms with Gasteiger partial charge in [-0.05, 0) is 30.5 Å². The minimum atomic E-state index is -0.641. The number of hydrogen-bond acceptors (Lipinski definition) is 4. The van der Waals surface area contributed by atoms with Crippen molar-refractivity contribution in [3.8, 4) is 0 Å². The van der Waals surface area contributed by atoms with Crippen LogP contribution in [0.1, 0.15) is 22.9 Å². The van der Waals surface area contributed by atoms with E-state index in [1.807, 2.05) is 24.3 Å². The third kappa shape index (κ3) is 3.04. The number of hydrogen-bond donors (Lipinski definition) is 1. The van der Waals surface area contributed by atoms with E-state index in [1.165, 1.54) is 0 Å². The fourth-order valence-corrected chi connectivity index (χ4v) is 2.61. The van der Waals surface area contributed by atoms with Crippen molar-refractivity contribution in [3.63, 3.8) is 0 Å². The molecule has 2 aromatic rings. The minimum Gasteiger partial charge on any atom is -0.363 e. The minimum absolute atomic E-state index is 0.191. The summed E-state index contributed by atoms with van der Waals surface area (Å²) in [4.78, 5) is 20.5. The Hall–Kier alpha value is -1.98. The van der Waals surface area contributed by atoms with Crippen molar-refractivity contribution in [3.05, 3.63) is 52.3 Å². The van der Waals surface area contributed by atoms with Crippen LogP contribution in [0.25, 0.3) is 0 Å². The second-order valence-corrected chi connectivity index (χ2v) is 5.23. The van der Waals surface area contributed by atoms with Gasteiger partial charge in [-0.3, -0.25) is 10.1 Å². The smallest absolute Gasteiger partial charge is 0.260 e. The molecule has 0 saturated heterocycles. The Morgan fingerprint density at radius 2 is 2.19 bits per heavy atom. The highest BCUT2D eigenvalue weighted by Crippen LogP contribution is 2.27. The molecule has 1 aliphatic rings. The highest BCUT2D eigenvalue weighted by Gasteiger charge is 2.27. The van der Waals surface area contributed by atoms with E-state index in [0.717, 1.165) is 17.5 Å². The Morgan fingerprint density at radius 3 is 3.00 bits per heavy atom. The summed E-state index contributed by atoms with van der Waals surface area (Å²) in [7, 11) is 0. The summed E-state index contributed by atoms with van der Waals surface area (Å²) in [5, 5.41) is 2.96. The molecule has 0 spiro atoms. The zero-order chi connectivity index (χ0) is 14.8. The summed E-state index contributed by atoms with van der Waals surface area (Å²) in [6, 6.07) is 9.40. The second kappa shape index (κ2) is 5.79. The van der Waals surface area contributed by atoms with E-state index in [-0.39, 0.29) is 11.9 Å². The van der Waals surface area contributed by atoms with Crippen LogP contribution in [-0.2, 0) is 16.0 Å². The number of aromatic nitrogens is 2. The van der Waals surface area contributed by atoms with Crippen molar-refractivity contribution in [1.82, 2.24) is 9.97 Å². The first kappa shape index (κ1) is 14.0. The van der Waals surface area contributed by atoms with E-state index in [0.29, 0.717) is 17.5 Å². The van der Waals surface area contributed by atoms with Crippen molar-refractivity contribution in [2.75, 3.05) is 11.9 Å². The molecule has 1 aliphatic heterocycles. The molecule has 1 atom stereocenters. The van der Waals surface area contributed by atoms with Crippen LogP contribution in [0, 0.1) is 6.92 Å². The molecule has 1 aromatic carbocycles. The van der Waals surface area contributed by atoms with E-state index in [2.05, 4.69) is 15.3 Å². The van der Waals surface area contributed by atoms with Crippen molar-refractivity contribution in [2.24, 2.45) is 0 Å². The number of carbonyl (C=O) groups excluding carboxylic acids is 1. The zero-order valence-electron chi connectivity index (χ0n) is 11.5. The normalized spacial score (nSPS) is 17.1. The number of ether oxygens (including phenoxy) is 1. The second-order valence-electron chi connectivity index (χ2n) is 4.84. The number of aryl methyl sites for hydroxylation is 1. The SMILES string of the molecule is Cc1cc(Cl)nc(NC(=O)C2OCCc3ccccc32)n1. The Morgan fingerprint density at radius 1 is 1.38 bits per heavy atom. The molecule has 0 aliphatic carbocycles. The highest BCUT2D eigenvalue weighted by molar-refractivity contribution is 6.29. The summed E-state index contributed by atoms with van der Waals surface area (Å²) in [5.41, 5.74) is 2.71. The van der Waals surface area contributed by atoms with Crippen molar-refractivity contribution < 1.29 is 9.53 Å². The van der Waals surface area contributed by atoms with Crippen LogP contribution in [0.15, 0.2) is 30.3 Å². The molecule has 0 bridgehead atoms. The lowest BCUT2D eigenvalue weighted by Gasteiger charge is -2.24. The number of carbonyl (C=O) groups is 1. The van der Waals surface area contributed by atoms with Gasteiger partial charge in [-0.2, -0.15) is 0 Å². The van der Waals surface area contributed by atoms with Gasteiger partial charge in [-0.1, -0.05) is 35.9 Å². The Kier molecular flexibility index (Phi) is 3.86. The lowest BCUT2D eigenvalue weighted by atomic mass is 9.97. The number of nitrogens with zero attached hydrogens (tertiary/aromatic N) is 2. The maximum atomic E-state index is 12.4. The summed E-state index contributed by atoms with van der Waals surface area (Å²) >= 11 is 5.87. The van der Waals surface area contributed by atoms with Gasteiger partial charge in [0.05, 0.1) is 6.61 Å². The third-order valence-electron chi connectivity index (χ3n) is 3.29. The number of rotatable bonds is 2. The van der Waals surface area contributed by atoms with E-state index in [1.54, 1.807) is 13.0 Å². The van der Waals surface area contributed by atoms with Crippen molar-refractivity contribution in [2.45, 2.75) is 19.4 Å². The number of nitrogens with one attached hydrogen (secondary N) is 1. The summed E-state index contributed by atoms with van der Waals surface area (Å²) in [6.45, 7) is 2.31. The number of benzene rings is 1. The van der Waals surface area contributed by atoms with Gasteiger partial charge < -0.3 is 4.74 Å². The highest BCUT2D eigenvalue weighted by atomic mass is 35.5. The summed E-state index contributed by atoms with van der Waals surface area (Å²) in [5.74, 6) is -0.0968.